The van der Waals surface area contributed by atoms with Crippen LogP contribution in [0, 0.1) is 5.82 Å². The Kier molecular flexibility index (Phi) is 7.82. The number of hydrogen-bond acceptors (Lipinski definition) is 4. The Morgan fingerprint density at radius 2 is 1.89 bits per heavy atom. The number of rotatable bonds is 8. The summed E-state index contributed by atoms with van der Waals surface area (Å²) in [5, 5.41) is 8.45. The fourth-order valence-corrected chi connectivity index (χ4v) is 3.27. The molecule has 27 heavy (non-hydrogen) atoms. The van der Waals surface area contributed by atoms with Gasteiger partial charge in [-0.2, -0.15) is 10.2 Å². The number of halogens is 1. The van der Waals surface area contributed by atoms with E-state index in [9.17, 15) is 8.60 Å². The van der Waals surface area contributed by atoms with Gasteiger partial charge in [-0.1, -0.05) is 18.2 Å². The second-order valence-corrected chi connectivity index (χ2v) is 7.41. The van der Waals surface area contributed by atoms with Crippen molar-refractivity contribution in [2.24, 2.45) is 10.2 Å². The molecule has 0 saturated carbocycles. The van der Waals surface area contributed by atoms with Gasteiger partial charge in [-0.25, -0.2) is 13.3 Å². The van der Waals surface area contributed by atoms with E-state index in [1.807, 2.05) is 20.8 Å². The molecular weight excluding hydrogens is 365 g/mol. The van der Waals surface area contributed by atoms with Gasteiger partial charge >= 0.3 is 0 Å². The predicted molar refractivity (Wildman–Crippen MR) is 108 cm³/mol. The van der Waals surface area contributed by atoms with Crippen molar-refractivity contribution in [1.29, 1.82) is 0 Å². The standard InChI is InChI=1S/C20H24FN3O2S/c1-14(12-17-8-10-18(21)11-9-17)22-23-15(2)16(3)24-27(25)20-7-5-6-19(13-20)26-4/h5-11,13,16,24H,12H2,1-4H3/b22-14+,23-15+/t16-,27?/m1/s1. The van der Waals surface area contributed by atoms with Gasteiger partial charge in [0.25, 0.3) is 0 Å². The van der Waals surface area contributed by atoms with Gasteiger partial charge in [0.05, 0.1) is 23.8 Å². The quantitative estimate of drug-likeness (QED) is 0.549. The molecule has 0 heterocycles. The van der Waals surface area contributed by atoms with E-state index in [-0.39, 0.29) is 11.9 Å². The van der Waals surface area contributed by atoms with Crippen molar-refractivity contribution >= 4 is 22.4 Å². The van der Waals surface area contributed by atoms with E-state index in [0.717, 1.165) is 11.3 Å². The average molecular weight is 389 g/mol. The van der Waals surface area contributed by atoms with Gasteiger partial charge in [0.15, 0.2) is 0 Å². The van der Waals surface area contributed by atoms with Crippen LogP contribution in [0.1, 0.15) is 26.3 Å². The molecule has 0 amide bonds. The molecule has 1 N–H and O–H groups in total. The highest BCUT2D eigenvalue weighted by Crippen LogP contribution is 2.15. The van der Waals surface area contributed by atoms with Crippen LogP contribution in [0.3, 0.4) is 0 Å². The maximum Gasteiger partial charge on any atom is 0.125 e. The van der Waals surface area contributed by atoms with Crippen LogP contribution < -0.4 is 9.46 Å². The molecule has 2 aromatic carbocycles. The zero-order valence-electron chi connectivity index (χ0n) is 15.9. The third-order valence-electron chi connectivity index (χ3n) is 3.92. The maximum absolute atomic E-state index is 12.9. The van der Waals surface area contributed by atoms with Crippen LogP contribution >= 0.6 is 0 Å². The summed E-state index contributed by atoms with van der Waals surface area (Å²) < 4.78 is 33.6. The van der Waals surface area contributed by atoms with Gasteiger partial charge in [-0.15, -0.1) is 0 Å². The summed E-state index contributed by atoms with van der Waals surface area (Å²) in [6.45, 7) is 5.57. The fraction of sp³-hybridized carbons (Fsp3) is 0.300. The highest BCUT2D eigenvalue weighted by Gasteiger charge is 2.12. The second kappa shape index (κ2) is 10.1. The summed E-state index contributed by atoms with van der Waals surface area (Å²) in [5.74, 6) is 0.396. The molecule has 5 nitrogen and oxygen atoms in total. The zero-order valence-corrected chi connectivity index (χ0v) is 16.7. The van der Waals surface area contributed by atoms with Crippen LogP contribution in [0.5, 0.6) is 5.75 Å². The van der Waals surface area contributed by atoms with Crippen LogP contribution in [0.15, 0.2) is 63.6 Å². The number of benzene rings is 2. The van der Waals surface area contributed by atoms with Gasteiger partial charge in [0, 0.05) is 12.1 Å². The topological polar surface area (TPSA) is 63.0 Å². The van der Waals surface area contributed by atoms with Gasteiger partial charge in [-0.05, 0) is 56.7 Å². The molecule has 0 fully saturated rings. The van der Waals surface area contributed by atoms with Gasteiger partial charge in [0.2, 0.25) is 0 Å². The third kappa shape index (κ3) is 6.69. The number of nitrogens with one attached hydrogen (secondary N) is 1. The van der Waals surface area contributed by atoms with Gasteiger partial charge in [0.1, 0.15) is 22.6 Å². The lowest BCUT2D eigenvalue weighted by molar-refractivity contribution is 0.413. The molecule has 0 aliphatic heterocycles. The molecule has 7 heteroatoms. The van der Waals surface area contributed by atoms with Crippen molar-refractivity contribution in [3.05, 3.63) is 59.9 Å². The van der Waals surface area contributed by atoms with E-state index in [2.05, 4.69) is 14.9 Å². The molecule has 0 radical (unpaired) electrons. The third-order valence-corrected chi connectivity index (χ3v) is 5.17. The van der Waals surface area contributed by atoms with Crippen LogP contribution in [-0.4, -0.2) is 28.8 Å². The molecule has 0 aromatic heterocycles. The highest BCUT2D eigenvalue weighted by molar-refractivity contribution is 7.83. The van der Waals surface area contributed by atoms with Crippen LogP contribution in [0.2, 0.25) is 0 Å². The van der Waals surface area contributed by atoms with E-state index >= 15 is 0 Å². The second-order valence-electron chi connectivity index (χ2n) is 6.17. The minimum absolute atomic E-state index is 0.223. The van der Waals surface area contributed by atoms with E-state index < -0.39 is 11.0 Å². The van der Waals surface area contributed by atoms with Crippen molar-refractivity contribution in [2.75, 3.05) is 7.11 Å². The first-order valence-corrected chi connectivity index (χ1v) is 9.68. The first kappa shape index (κ1) is 20.9. The molecule has 144 valence electrons. The summed E-state index contributed by atoms with van der Waals surface area (Å²) in [6.07, 6.45) is 0.592. The van der Waals surface area contributed by atoms with Crippen LogP contribution in [0.25, 0.3) is 0 Å². The normalized spacial score (nSPS) is 14.7. The molecular formula is C20H24FN3O2S. The Hall–Kier alpha value is -2.38. The van der Waals surface area contributed by atoms with Crippen molar-refractivity contribution in [2.45, 2.75) is 38.1 Å². The van der Waals surface area contributed by atoms with E-state index in [1.165, 1.54) is 12.1 Å². The molecule has 2 atom stereocenters. The Morgan fingerprint density at radius 1 is 1.19 bits per heavy atom. The minimum Gasteiger partial charge on any atom is -0.497 e. The van der Waals surface area contributed by atoms with Gasteiger partial charge < -0.3 is 4.74 Å². The lowest BCUT2D eigenvalue weighted by atomic mass is 10.1. The molecule has 0 spiro atoms. The highest BCUT2D eigenvalue weighted by atomic mass is 32.2. The number of hydrogen-bond donors (Lipinski definition) is 1. The van der Waals surface area contributed by atoms with Crippen molar-refractivity contribution < 1.29 is 13.3 Å². The summed E-state index contributed by atoms with van der Waals surface area (Å²) in [6, 6.07) is 13.2. The molecule has 1 unspecified atom stereocenters. The van der Waals surface area contributed by atoms with E-state index in [1.54, 1.807) is 43.5 Å². The average Bonchev–Trinajstić information content (AvgIpc) is 2.67. The molecule has 0 aliphatic rings. The molecule has 0 saturated heterocycles. The lowest BCUT2D eigenvalue weighted by Gasteiger charge is -2.12. The summed E-state index contributed by atoms with van der Waals surface area (Å²) in [5.41, 5.74) is 2.49. The van der Waals surface area contributed by atoms with E-state index in [0.29, 0.717) is 22.8 Å². The lowest BCUT2D eigenvalue weighted by Crippen LogP contribution is -2.33. The first-order chi connectivity index (χ1) is 12.9. The largest absolute Gasteiger partial charge is 0.497 e. The smallest absolute Gasteiger partial charge is 0.125 e. The summed E-state index contributed by atoms with van der Waals surface area (Å²) >= 11 is 0. The van der Waals surface area contributed by atoms with Crippen molar-refractivity contribution in [3.63, 3.8) is 0 Å². The number of methoxy groups -OCH3 is 1. The van der Waals surface area contributed by atoms with Crippen LogP contribution in [0.4, 0.5) is 4.39 Å². The number of ether oxygens (including phenoxy) is 1. The minimum atomic E-state index is -1.39. The predicted octanol–water partition coefficient (Wildman–Crippen LogP) is 3.91. The van der Waals surface area contributed by atoms with Crippen molar-refractivity contribution in [1.82, 2.24) is 4.72 Å². The molecule has 0 bridgehead atoms. The van der Waals surface area contributed by atoms with Gasteiger partial charge in [-0.3, -0.25) is 0 Å². The summed E-state index contributed by atoms with van der Waals surface area (Å²) in [4.78, 5) is 0.630. The van der Waals surface area contributed by atoms with Crippen LogP contribution in [-0.2, 0) is 17.4 Å². The Bertz CT molecular complexity index is 851. The van der Waals surface area contributed by atoms with Crippen molar-refractivity contribution in [3.8, 4) is 5.75 Å². The first-order valence-electron chi connectivity index (χ1n) is 8.53. The molecule has 2 rings (SSSR count). The molecule has 0 aliphatic carbocycles. The fourth-order valence-electron chi connectivity index (χ4n) is 2.21. The number of nitrogens with zero attached hydrogens (tertiary/aromatic N) is 2. The Morgan fingerprint density at radius 3 is 2.56 bits per heavy atom. The van der Waals surface area contributed by atoms with E-state index in [4.69, 9.17) is 4.74 Å². The molecule has 2 aromatic rings. The maximum atomic E-state index is 12.9. The Labute approximate surface area is 162 Å². The SMILES string of the molecule is COc1cccc(S(=O)N[C@H](C)/C(C)=N/N=C(\C)Cc2ccc(F)cc2)c1. The Balaban J connectivity index is 1.97. The zero-order chi connectivity index (χ0) is 19.8. The monoisotopic (exact) mass is 389 g/mol. The summed E-state index contributed by atoms with van der Waals surface area (Å²) in [7, 11) is 0.182.